The lowest BCUT2D eigenvalue weighted by molar-refractivity contribution is -0.146. The summed E-state index contributed by atoms with van der Waals surface area (Å²) in [6, 6.07) is 11.5. The van der Waals surface area contributed by atoms with Gasteiger partial charge in [-0.1, -0.05) is 19.9 Å². The Labute approximate surface area is 185 Å². The smallest absolute Gasteiger partial charge is 0.416 e. The predicted molar refractivity (Wildman–Crippen MR) is 116 cm³/mol. The molecule has 0 spiro atoms. The van der Waals surface area contributed by atoms with Gasteiger partial charge < -0.3 is 19.3 Å². The van der Waals surface area contributed by atoms with Gasteiger partial charge in [-0.05, 0) is 48.7 Å². The summed E-state index contributed by atoms with van der Waals surface area (Å²) in [6.45, 7) is 5.85. The maximum absolute atomic E-state index is 13.3. The number of alkyl halides is 3. The summed E-state index contributed by atoms with van der Waals surface area (Å²) in [5.41, 5.74) is 1.74. The molecule has 2 heterocycles. The van der Waals surface area contributed by atoms with E-state index in [1.54, 1.807) is 0 Å². The molecule has 1 unspecified atom stereocenters. The average molecular weight is 448 g/mol. The van der Waals surface area contributed by atoms with Crippen LogP contribution in [0.5, 0.6) is 5.75 Å². The van der Waals surface area contributed by atoms with Crippen molar-refractivity contribution < 1.29 is 27.4 Å². The van der Waals surface area contributed by atoms with E-state index in [1.165, 1.54) is 13.2 Å². The van der Waals surface area contributed by atoms with Crippen molar-refractivity contribution >= 4 is 23.0 Å². The van der Waals surface area contributed by atoms with Crippen LogP contribution in [0.1, 0.15) is 25.8 Å². The molecule has 0 saturated carbocycles. The van der Waals surface area contributed by atoms with Gasteiger partial charge in [0.05, 0.1) is 30.8 Å². The number of benzene rings is 2. The molecule has 2 aromatic rings. The molecule has 2 aliphatic heterocycles. The SMILES string of the molecule is COC(=O)C1CN(c2cccc(N3CC(CC(C)C)Oc4cc(C(F)(F)F)ccc43)c2)C1. The van der Waals surface area contributed by atoms with Gasteiger partial charge in [-0.3, -0.25) is 4.79 Å². The fourth-order valence-electron chi connectivity index (χ4n) is 4.28. The van der Waals surface area contributed by atoms with Crippen molar-refractivity contribution in [3.63, 3.8) is 0 Å². The summed E-state index contributed by atoms with van der Waals surface area (Å²) >= 11 is 0. The first kappa shape index (κ1) is 22.3. The van der Waals surface area contributed by atoms with Crippen molar-refractivity contribution in [3.8, 4) is 5.75 Å². The third-order valence-electron chi connectivity index (χ3n) is 5.91. The van der Waals surface area contributed by atoms with Gasteiger partial charge >= 0.3 is 12.1 Å². The van der Waals surface area contributed by atoms with E-state index in [0.29, 0.717) is 31.2 Å². The number of hydrogen-bond acceptors (Lipinski definition) is 5. The van der Waals surface area contributed by atoms with Crippen molar-refractivity contribution in [1.82, 2.24) is 0 Å². The minimum absolute atomic E-state index is 0.135. The van der Waals surface area contributed by atoms with Crippen LogP contribution in [-0.4, -0.2) is 38.8 Å². The topological polar surface area (TPSA) is 42.0 Å². The quantitative estimate of drug-likeness (QED) is 0.584. The van der Waals surface area contributed by atoms with Crippen LogP contribution < -0.4 is 14.5 Å². The van der Waals surface area contributed by atoms with Crippen LogP contribution in [0.4, 0.5) is 30.2 Å². The van der Waals surface area contributed by atoms with E-state index >= 15 is 0 Å². The van der Waals surface area contributed by atoms with Gasteiger partial charge in [0.1, 0.15) is 11.9 Å². The minimum atomic E-state index is -4.43. The molecule has 4 rings (SSSR count). The lowest BCUT2D eigenvalue weighted by Gasteiger charge is -2.40. The second kappa shape index (κ2) is 8.56. The molecular weight excluding hydrogens is 421 g/mol. The number of methoxy groups -OCH3 is 1. The zero-order valence-corrected chi connectivity index (χ0v) is 18.4. The largest absolute Gasteiger partial charge is 0.486 e. The maximum Gasteiger partial charge on any atom is 0.416 e. The van der Waals surface area contributed by atoms with E-state index in [4.69, 9.17) is 9.47 Å². The Bertz CT molecular complexity index is 987. The van der Waals surface area contributed by atoms with Crippen LogP contribution in [-0.2, 0) is 15.7 Å². The molecule has 0 N–H and O–H groups in total. The lowest BCUT2D eigenvalue weighted by atomic mass is 9.99. The summed E-state index contributed by atoms with van der Waals surface area (Å²) in [6.07, 6.45) is -3.91. The number of nitrogens with zero attached hydrogens (tertiary/aromatic N) is 2. The fourth-order valence-corrected chi connectivity index (χ4v) is 4.28. The van der Waals surface area contributed by atoms with Gasteiger partial charge in [0.15, 0.2) is 0 Å². The first-order chi connectivity index (χ1) is 15.2. The molecule has 32 heavy (non-hydrogen) atoms. The average Bonchev–Trinajstić information content (AvgIpc) is 2.70. The van der Waals surface area contributed by atoms with Crippen molar-refractivity contribution in [2.45, 2.75) is 32.5 Å². The van der Waals surface area contributed by atoms with Gasteiger partial charge in [0, 0.05) is 24.5 Å². The zero-order valence-electron chi connectivity index (χ0n) is 18.4. The van der Waals surface area contributed by atoms with Crippen LogP contribution in [0.3, 0.4) is 0 Å². The van der Waals surface area contributed by atoms with Crippen molar-refractivity contribution in [1.29, 1.82) is 0 Å². The summed E-state index contributed by atoms with van der Waals surface area (Å²) in [7, 11) is 1.39. The van der Waals surface area contributed by atoms with E-state index in [2.05, 4.69) is 18.7 Å². The van der Waals surface area contributed by atoms with E-state index < -0.39 is 11.7 Å². The Morgan fingerprint density at radius 1 is 1.12 bits per heavy atom. The molecule has 0 amide bonds. The molecule has 172 valence electrons. The standard InChI is InChI=1S/C24H27F3N2O3/c1-15(2)9-20-14-29(21-8-7-17(24(25,26)27)10-22(21)32-20)19-6-4-5-18(11-19)28-12-16(13-28)23(30)31-3/h4-8,10-11,15-16,20H,9,12-14H2,1-3H3. The van der Waals surface area contributed by atoms with Gasteiger partial charge in [-0.2, -0.15) is 13.2 Å². The Kier molecular flexibility index (Phi) is 5.97. The molecule has 0 bridgehead atoms. The number of carbonyl (C=O) groups excluding carboxylic acids is 1. The number of halogens is 3. The van der Waals surface area contributed by atoms with Gasteiger partial charge in [0.2, 0.25) is 0 Å². The molecule has 0 aromatic heterocycles. The Morgan fingerprint density at radius 3 is 2.50 bits per heavy atom. The first-order valence-corrected chi connectivity index (χ1v) is 10.7. The van der Waals surface area contributed by atoms with Gasteiger partial charge in [-0.25, -0.2) is 0 Å². The highest BCUT2D eigenvalue weighted by atomic mass is 19.4. The van der Waals surface area contributed by atoms with Crippen LogP contribution in [0.25, 0.3) is 0 Å². The Balaban J connectivity index is 1.63. The summed E-state index contributed by atoms with van der Waals surface area (Å²) in [4.78, 5) is 15.8. The second-order valence-corrected chi connectivity index (χ2v) is 8.81. The van der Waals surface area contributed by atoms with Crippen LogP contribution in [0.15, 0.2) is 42.5 Å². The molecule has 1 atom stereocenters. The molecule has 2 aliphatic rings. The molecular formula is C24H27F3N2O3. The van der Waals surface area contributed by atoms with Crippen molar-refractivity contribution in [3.05, 3.63) is 48.0 Å². The number of ether oxygens (including phenoxy) is 2. The monoisotopic (exact) mass is 448 g/mol. The maximum atomic E-state index is 13.3. The summed E-state index contributed by atoms with van der Waals surface area (Å²) in [5.74, 6) is 0.245. The molecule has 0 radical (unpaired) electrons. The molecule has 2 aromatic carbocycles. The molecule has 8 heteroatoms. The Hall–Kier alpha value is -2.90. The van der Waals surface area contributed by atoms with Crippen LogP contribution in [0, 0.1) is 11.8 Å². The van der Waals surface area contributed by atoms with Crippen molar-refractivity contribution in [2.75, 3.05) is 36.5 Å². The van der Waals surface area contributed by atoms with Gasteiger partial charge in [-0.15, -0.1) is 0 Å². The summed E-state index contributed by atoms with van der Waals surface area (Å²) < 4.78 is 50.6. The summed E-state index contributed by atoms with van der Waals surface area (Å²) in [5, 5.41) is 0. The number of rotatable bonds is 5. The Morgan fingerprint density at radius 2 is 1.84 bits per heavy atom. The lowest BCUT2D eigenvalue weighted by Crippen LogP contribution is -2.50. The first-order valence-electron chi connectivity index (χ1n) is 10.7. The van der Waals surface area contributed by atoms with Crippen LogP contribution >= 0.6 is 0 Å². The highest BCUT2D eigenvalue weighted by Gasteiger charge is 2.36. The molecule has 5 nitrogen and oxygen atoms in total. The minimum Gasteiger partial charge on any atom is -0.486 e. The van der Waals surface area contributed by atoms with E-state index in [1.807, 2.05) is 29.2 Å². The molecule has 1 saturated heterocycles. The van der Waals surface area contributed by atoms with Gasteiger partial charge in [0.25, 0.3) is 0 Å². The number of hydrogen-bond donors (Lipinski definition) is 0. The van der Waals surface area contributed by atoms with E-state index in [0.717, 1.165) is 29.9 Å². The second-order valence-electron chi connectivity index (χ2n) is 8.81. The normalized spacial score (nSPS) is 18.8. The highest BCUT2D eigenvalue weighted by Crippen LogP contribution is 2.43. The third kappa shape index (κ3) is 4.49. The van der Waals surface area contributed by atoms with E-state index in [-0.39, 0.29) is 23.7 Å². The van der Waals surface area contributed by atoms with Crippen molar-refractivity contribution in [2.24, 2.45) is 11.8 Å². The molecule has 1 fully saturated rings. The third-order valence-corrected chi connectivity index (χ3v) is 5.91. The zero-order chi connectivity index (χ0) is 23.0. The highest BCUT2D eigenvalue weighted by molar-refractivity contribution is 5.78. The predicted octanol–water partition coefficient (Wildman–Crippen LogP) is 5.26. The van der Waals surface area contributed by atoms with E-state index in [9.17, 15) is 18.0 Å². The number of esters is 1. The number of anilines is 3. The fraction of sp³-hybridized carbons (Fsp3) is 0.458. The number of carbonyl (C=O) groups is 1. The molecule has 0 aliphatic carbocycles. The number of fused-ring (bicyclic) bond motifs is 1. The van der Waals surface area contributed by atoms with Crippen LogP contribution in [0.2, 0.25) is 0 Å².